The van der Waals surface area contributed by atoms with Crippen molar-refractivity contribution in [3.8, 4) is 16.9 Å². The molecular weight excluding hydrogens is 765 g/mol. The first kappa shape index (κ1) is 39.6. The van der Waals surface area contributed by atoms with Gasteiger partial charge in [0.1, 0.15) is 23.4 Å². The summed E-state index contributed by atoms with van der Waals surface area (Å²) in [5.74, 6) is -3.76. The van der Waals surface area contributed by atoms with Gasteiger partial charge in [0.05, 0.1) is 24.6 Å². The molecule has 2 heterocycles. The lowest BCUT2D eigenvalue weighted by Gasteiger charge is -2.30. The van der Waals surface area contributed by atoms with Crippen LogP contribution in [0.2, 0.25) is 0 Å². The van der Waals surface area contributed by atoms with Crippen molar-refractivity contribution >= 4 is 27.8 Å². The Kier molecular flexibility index (Phi) is 12.4. The van der Waals surface area contributed by atoms with Crippen LogP contribution in [0, 0.1) is 25.5 Å². The molecule has 1 aliphatic rings. The van der Waals surface area contributed by atoms with Crippen molar-refractivity contribution in [1.29, 1.82) is 0 Å². The number of benzene rings is 3. The highest BCUT2D eigenvalue weighted by Crippen LogP contribution is 2.37. The van der Waals surface area contributed by atoms with Gasteiger partial charge in [-0.2, -0.15) is 13.2 Å². The molecule has 282 valence electrons. The molecular formula is C39H39BrF5N3O5. The van der Waals surface area contributed by atoms with E-state index in [0.717, 1.165) is 36.3 Å². The number of aromatic nitrogens is 1. The van der Waals surface area contributed by atoms with Crippen molar-refractivity contribution in [2.24, 2.45) is 0 Å². The Hall–Kier alpha value is -4.56. The number of alkyl halides is 3. The molecule has 2 N–H and O–H groups in total. The number of carbonyl (C=O) groups excluding carboxylic acids is 2. The van der Waals surface area contributed by atoms with Gasteiger partial charge in [-0.05, 0) is 118 Å². The Morgan fingerprint density at radius 3 is 2.40 bits per heavy atom. The maximum absolute atomic E-state index is 16.1. The number of amides is 1. The van der Waals surface area contributed by atoms with Gasteiger partial charge in [0.25, 0.3) is 5.56 Å². The fraction of sp³-hybridized carbons (Fsp3) is 0.359. The van der Waals surface area contributed by atoms with Crippen LogP contribution in [-0.4, -0.2) is 52.7 Å². The van der Waals surface area contributed by atoms with Crippen LogP contribution < -0.4 is 10.9 Å². The number of hydrogen-bond donors (Lipinski definition) is 2. The summed E-state index contributed by atoms with van der Waals surface area (Å²) in [7, 11) is 0. The number of phenols is 1. The number of rotatable bonds is 13. The number of carbonyl (C=O) groups is 2. The Morgan fingerprint density at radius 2 is 1.75 bits per heavy atom. The minimum Gasteiger partial charge on any atom is -0.507 e. The van der Waals surface area contributed by atoms with E-state index in [1.54, 1.807) is 26.0 Å². The summed E-state index contributed by atoms with van der Waals surface area (Å²) in [4.78, 5) is 43.0. The van der Waals surface area contributed by atoms with E-state index in [0.29, 0.717) is 40.2 Å². The largest absolute Gasteiger partial charge is 0.507 e. The van der Waals surface area contributed by atoms with Gasteiger partial charge in [-0.3, -0.25) is 19.0 Å². The molecule has 8 nitrogen and oxygen atoms in total. The first-order valence-corrected chi connectivity index (χ1v) is 17.9. The third-order valence-electron chi connectivity index (χ3n) is 9.31. The summed E-state index contributed by atoms with van der Waals surface area (Å²) in [5.41, 5.74) is -1.69. The highest BCUT2D eigenvalue weighted by molar-refractivity contribution is 9.10. The summed E-state index contributed by atoms with van der Waals surface area (Å²) in [6, 6.07) is 8.32. The van der Waals surface area contributed by atoms with Gasteiger partial charge in [0.15, 0.2) is 0 Å². The number of pyridine rings is 1. The maximum Gasteiger partial charge on any atom is 0.416 e. The average Bonchev–Trinajstić information content (AvgIpc) is 3.05. The van der Waals surface area contributed by atoms with Crippen LogP contribution in [0.4, 0.5) is 22.0 Å². The van der Waals surface area contributed by atoms with Crippen molar-refractivity contribution in [1.82, 2.24) is 14.8 Å². The molecule has 0 saturated carbocycles. The van der Waals surface area contributed by atoms with Crippen molar-refractivity contribution in [2.45, 2.75) is 64.7 Å². The van der Waals surface area contributed by atoms with Crippen LogP contribution in [0.3, 0.4) is 0 Å². The summed E-state index contributed by atoms with van der Waals surface area (Å²) >= 11 is 3.24. The van der Waals surface area contributed by atoms with E-state index in [-0.39, 0.29) is 41.0 Å². The first-order valence-electron chi connectivity index (χ1n) is 17.1. The van der Waals surface area contributed by atoms with E-state index in [1.807, 2.05) is 0 Å². The smallest absolute Gasteiger partial charge is 0.416 e. The molecule has 14 heteroatoms. The minimum atomic E-state index is -4.89. The Balaban J connectivity index is 1.64. The van der Waals surface area contributed by atoms with Gasteiger partial charge in [0, 0.05) is 33.4 Å². The molecule has 0 aliphatic carbocycles. The molecule has 1 unspecified atom stereocenters. The summed E-state index contributed by atoms with van der Waals surface area (Å²) in [6.07, 6.45) is -3.33. The highest BCUT2D eigenvalue weighted by Gasteiger charge is 2.37. The fourth-order valence-electron chi connectivity index (χ4n) is 6.60. The Bertz CT molecular complexity index is 2040. The topological polar surface area (TPSA) is 101 Å². The average molecular weight is 805 g/mol. The second-order valence-corrected chi connectivity index (χ2v) is 14.0. The maximum atomic E-state index is 16.1. The van der Waals surface area contributed by atoms with Crippen LogP contribution in [0.5, 0.6) is 5.75 Å². The quantitative estimate of drug-likeness (QED) is 0.105. The Morgan fingerprint density at radius 1 is 1.02 bits per heavy atom. The van der Waals surface area contributed by atoms with Crippen LogP contribution >= 0.6 is 15.9 Å². The molecule has 0 radical (unpaired) electrons. The molecule has 53 heavy (non-hydrogen) atoms. The predicted molar refractivity (Wildman–Crippen MR) is 192 cm³/mol. The standard InChI is InChI=1S/C39H39BrF5N3O5/c1-4-53-34(51)20-31(28-17-25(16-23(3)36(28)42)35-22(2)8-5-10-32(35)49)46-38(52)37(27-18-26(40)11-12-30(27)41)48-21-24(9-6-13-47-14-7-15-47)29(19-33(48)50)39(43,44)45/h5,8,10-12,16-19,21,31,37,49H,4,6-7,9,13-15,20H2,1-3H3,(H,46,52)/t31-,37?/m0/s1. The van der Waals surface area contributed by atoms with E-state index in [4.69, 9.17) is 4.74 Å². The molecule has 1 fully saturated rings. The molecule has 2 atom stereocenters. The molecule has 1 saturated heterocycles. The molecule has 3 aromatic carbocycles. The number of hydrogen-bond acceptors (Lipinski definition) is 6. The lowest BCUT2D eigenvalue weighted by atomic mass is 9.92. The zero-order chi connectivity index (χ0) is 38.6. The van der Waals surface area contributed by atoms with Crippen LogP contribution in [0.1, 0.15) is 71.7 Å². The minimum absolute atomic E-state index is 0.0362. The van der Waals surface area contributed by atoms with Gasteiger partial charge < -0.3 is 20.1 Å². The van der Waals surface area contributed by atoms with E-state index in [9.17, 15) is 32.7 Å². The van der Waals surface area contributed by atoms with E-state index in [1.165, 1.54) is 37.3 Å². The molecule has 5 rings (SSSR count). The Labute approximate surface area is 311 Å². The van der Waals surface area contributed by atoms with Crippen LogP contribution in [0.15, 0.2) is 70.1 Å². The number of ether oxygens (including phenoxy) is 1. The lowest BCUT2D eigenvalue weighted by molar-refractivity contribution is -0.144. The zero-order valence-electron chi connectivity index (χ0n) is 29.3. The molecule has 0 spiro atoms. The van der Waals surface area contributed by atoms with Gasteiger partial charge in [-0.15, -0.1) is 0 Å². The van der Waals surface area contributed by atoms with Crippen LogP contribution in [-0.2, 0) is 26.9 Å². The summed E-state index contributed by atoms with van der Waals surface area (Å²) in [5, 5.41) is 13.3. The van der Waals surface area contributed by atoms with Gasteiger partial charge in [0.2, 0.25) is 5.91 Å². The van der Waals surface area contributed by atoms with Crippen molar-refractivity contribution < 1.29 is 41.4 Å². The highest BCUT2D eigenvalue weighted by atomic mass is 79.9. The second kappa shape index (κ2) is 16.6. The van der Waals surface area contributed by atoms with E-state index >= 15 is 8.78 Å². The monoisotopic (exact) mass is 803 g/mol. The lowest BCUT2D eigenvalue weighted by Crippen LogP contribution is -2.41. The van der Waals surface area contributed by atoms with Gasteiger partial charge >= 0.3 is 12.1 Å². The number of nitrogens with one attached hydrogen (secondary N) is 1. The third-order valence-corrected chi connectivity index (χ3v) is 9.80. The number of nitrogens with zero attached hydrogens (tertiary/aromatic N) is 2. The first-order chi connectivity index (χ1) is 25.1. The normalized spacial score (nSPS) is 14.4. The van der Waals surface area contributed by atoms with Gasteiger partial charge in [-0.1, -0.05) is 28.1 Å². The number of halogens is 6. The number of aromatic hydroxyl groups is 1. The number of likely N-dealkylation sites (tertiary alicyclic amines) is 1. The van der Waals surface area contributed by atoms with Crippen molar-refractivity contribution in [2.75, 3.05) is 26.2 Å². The molecule has 1 aliphatic heterocycles. The van der Waals surface area contributed by atoms with Crippen molar-refractivity contribution in [3.63, 3.8) is 0 Å². The molecule has 1 aromatic heterocycles. The van der Waals surface area contributed by atoms with Crippen molar-refractivity contribution in [3.05, 3.63) is 121 Å². The predicted octanol–water partition coefficient (Wildman–Crippen LogP) is 7.94. The molecule has 4 aromatic rings. The zero-order valence-corrected chi connectivity index (χ0v) is 30.9. The SMILES string of the molecule is CCOC(=O)C[C@H](NC(=O)C(c1cc(Br)ccc1F)n1cc(CCCN2CCC2)c(C(F)(F)F)cc1=O)c1cc(-c2c(C)cccc2O)cc(C)c1F. The van der Waals surface area contributed by atoms with Gasteiger partial charge in [-0.25, -0.2) is 8.78 Å². The fourth-order valence-corrected chi connectivity index (χ4v) is 6.97. The van der Waals surface area contributed by atoms with E-state index < -0.39 is 59.3 Å². The summed E-state index contributed by atoms with van der Waals surface area (Å²) < 4.78 is 80.6. The third kappa shape index (κ3) is 9.15. The summed E-state index contributed by atoms with van der Waals surface area (Å²) in [6.45, 7) is 6.92. The molecule has 1 amide bonds. The van der Waals surface area contributed by atoms with E-state index in [2.05, 4.69) is 26.1 Å². The molecule has 0 bridgehead atoms. The van der Waals surface area contributed by atoms with Crippen LogP contribution in [0.25, 0.3) is 11.1 Å². The number of phenolic OH excluding ortho intramolecular Hbond substituents is 1. The number of aryl methyl sites for hydroxylation is 3. The second-order valence-electron chi connectivity index (χ2n) is 13.1. The number of esters is 1.